The topological polar surface area (TPSA) is 29.1 Å². The SMILES string of the molecule is C=C/C=C(\C=C/CC)CCC(C)NC(C)=O. The van der Waals surface area contributed by atoms with Gasteiger partial charge in [0.05, 0.1) is 0 Å². The molecular weight excluding hydrogens is 198 g/mol. The van der Waals surface area contributed by atoms with E-state index in [0.29, 0.717) is 0 Å². The molecule has 0 aromatic rings. The number of hydrogen-bond donors (Lipinski definition) is 1. The Morgan fingerprint density at radius 2 is 2.19 bits per heavy atom. The van der Waals surface area contributed by atoms with E-state index in [2.05, 4.69) is 31.0 Å². The maximum absolute atomic E-state index is 10.8. The third kappa shape index (κ3) is 8.04. The maximum atomic E-state index is 10.8. The molecule has 0 fully saturated rings. The van der Waals surface area contributed by atoms with Crippen LogP contribution in [0, 0.1) is 0 Å². The Kier molecular flexibility index (Phi) is 8.22. The molecular formula is C14H23NO. The van der Waals surface area contributed by atoms with Gasteiger partial charge in [-0.1, -0.05) is 37.8 Å². The van der Waals surface area contributed by atoms with Gasteiger partial charge >= 0.3 is 0 Å². The predicted octanol–water partition coefficient (Wildman–Crippen LogP) is 3.37. The molecule has 2 heteroatoms. The van der Waals surface area contributed by atoms with E-state index in [4.69, 9.17) is 0 Å². The van der Waals surface area contributed by atoms with E-state index >= 15 is 0 Å². The number of carbonyl (C=O) groups is 1. The Balaban J connectivity index is 4.11. The summed E-state index contributed by atoms with van der Waals surface area (Å²) in [6, 6.07) is 0.223. The second-order valence-corrected chi connectivity index (χ2v) is 3.93. The molecule has 1 unspecified atom stereocenters. The molecule has 0 spiro atoms. The van der Waals surface area contributed by atoms with E-state index in [-0.39, 0.29) is 11.9 Å². The van der Waals surface area contributed by atoms with Crippen molar-refractivity contribution in [2.24, 2.45) is 0 Å². The third-order valence-electron chi connectivity index (χ3n) is 2.22. The van der Waals surface area contributed by atoms with E-state index in [1.54, 1.807) is 13.0 Å². The van der Waals surface area contributed by atoms with Gasteiger partial charge in [-0.3, -0.25) is 4.79 Å². The summed E-state index contributed by atoms with van der Waals surface area (Å²) < 4.78 is 0. The summed E-state index contributed by atoms with van der Waals surface area (Å²) in [5, 5.41) is 2.88. The lowest BCUT2D eigenvalue weighted by Gasteiger charge is -2.12. The normalized spacial score (nSPS) is 13.8. The monoisotopic (exact) mass is 221 g/mol. The van der Waals surface area contributed by atoms with Gasteiger partial charge in [-0.05, 0) is 31.8 Å². The van der Waals surface area contributed by atoms with Crippen molar-refractivity contribution in [1.82, 2.24) is 5.32 Å². The highest BCUT2D eigenvalue weighted by Crippen LogP contribution is 2.10. The molecule has 0 aliphatic carbocycles. The van der Waals surface area contributed by atoms with Gasteiger partial charge in [0.25, 0.3) is 0 Å². The molecule has 0 saturated heterocycles. The molecule has 0 aliphatic rings. The Morgan fingerprint density at radius 3 is 2.69 bits per heavy atom. The summed E-state index contributed by atoms with van der Waals surface area (Å²) in [6.07, 6.45) is 11.0. The fraction of sp³-hybridized carbons (Fsp3) is 0.500. The summed E-state index contributed by atoms with van der Waals surface area (Å²) in [7, 11) is 0. The molecule has 0 aromatic carbocycles. The first-order chi connectivity index (χ1) is 7.60. The van der Waals surface area contributed by atoms with Crippen LogP contribution in [0.4, 0.5) is 0 Å². The van der Waals surface area contributed by atoms with Crippen LogP contribution in [0.25, 0.3) is 0 Å². The highest BCUT2D eigenvalue weighted by molar-refractivity contribution is 5.73. The average Bonchev–Trinajstić information content (AvgIpc) is 2.21. The van der Waals surface area contributed by atoms with Crippen LogP contribution in [0.1, 0.15) is 40.0 Å². The van der Waals surface area contributed by atoms with Crippen LogP contribution in [0.5, 0.6) is 0 Å². The van der Waals surface area contributed by atoms with Gasteiger partial charge in [-0.2, -0.15) is 0 Å². The Labute approximate surface area is 99.1 Å². The maximum Gasteiger partial charge on any atom is 0.217 e. The summed E-state index contributed by atoms with van der Waals surface area (Å²) in [6.45, 7) is 9.39. The molecule has 0 aliphatic heterocycles. The van der Waals surface area contributed by atoms with Crippen LogP contribution in [0.2, 0.25) is 0 Å². The zero-order chi connectivity index (χ0) is 12.4. The molecule has 1 atom stereocenters. The standard InChI is InChI=1S/C14H23NO/c1-5-7-9-14(8-6-2)11-10-12(3)15-13(4)16/h6-9,12H,2,5,10-11H2,1,3-4H3,(H,15,16)/b9-7-,14-8+. The third-order valence-corrected chi connectivity index (χ3v) is 2.22. The summed E-state index contributed by atoms with van der Waals surface area (Å²) in [4.78, 5) is 10.8. The van der Waals surface area contributed by atoms with Crippen LogP contribution < -0.4 is 5.32 Å². The number of amides is 1. The molecule has 0 aromatic heterocycles. The number of nitrogens with one attached hydrogen (secondary N) is 1. The minimum absolute atomic E-state index is 0.0332. The highest BCUT2D eigenvalue weighted by Gasteiger charge is 2.03. The smallest absolute Gasteiger partial charge is 0.217 e. The molecule has 0 saturated carbocycles. The first-order valence-corrected chi connectivity index (χ1v) is 5.85. The summed E-state index contributed by atoms with van der Waals surface area (Å²) in [5.41, 5.74) is 1.26. The Bertz CT molecular complexity index is 276. The van der Waals surface area contributed by atoms with Crippen LogP contribution in [0.15, 0.2) is 36.5 Å². The largest absolute Gasteiger partial charge is 0.354 e. The van der Waals surface area contributed by atoms with E-state index < -0.39 is 0 Å². The summed E-state index contributed by atoms with van der Waals surface area (Å²) in [5.74, 6) is 0.0332. The van der Waals surface area contributed by atoms with E-state index in [9.17, 15) is 4.79 Å². The molecule has 2 nitrogen and oxygen atoms in total. The minimum atomic E-state index is 0.0332. The fourth-order valence-corrected chi connectivity index (χ4v) is 1.45. The molecule has 0 heterocycles. The first-order valence-electron chi connectivity index (χ1n) is 5.85. The van der Waals surface area contributed by atoms with Crippen molar-refractivity contribution in [3.05, 3.63) is 36.5 Å². The molecule has 0 rings (SSSR count). The van der Waals surface area contributed by atoms with Crippen molar-refractivity contribution in [3.63, 3.8) is 0 Å². The quantitative estimate of drug-likeness (QED) is 0.656. The fourth-order valence-electron chi connectivity index (χ4n) is 1.45. The molecule has 1 N–H and O–H groups in total. The average molecular weight is 221 g/mol. The Morgan fingerprint density at radius 1 is 1.50 bits per heavy atom. The second-order valence-electron chi connectivity index (χ2n) is 3.93. The van der Waals surface area contributed by atoms with Gasteiger partial charge in [0.15, 0.2) is 0 Å². The molecule has 90 valence electrons. The van der Waals surface area contributed by atoms with Crippen molar-refractivity contribution in [1.29, 1.82) is 0 Å². The lowest BCUT2D eigenvalue weighted by molar-refractivity contribution is -0.119. The molecule has 1 amide bonds. The number of rotatable bonds is 7. The van der Waals surface area contributed by atoms with Gasteiger partial charge < -0.3 is 5.32 Å². The van der Waals surface area contributed by atoms with Crippen LogP contribution in [-0.4, -0.2) is 11.9 Å². The summed E-state index contributed by atoms with van der Waals surface area (Å²) >= 11 is 0. The predicted molar refractivity (Wildman–Crippen MR) is 70.2 cm³/mol. The van der Waals surface area contributed by atoms with E-state index in [0.717, 1.165) is 19.3 Å². The Hall–Kier alpha value is -1.31. The second kappa shape index (κ2) is 8.96. The van der Waals surface area contributed by atoms with Crippen LogP contribution in [-0.2, 0) is 4.79 Å². The zero-order valence-electron chi connectivity index (χ0n) is 10.6. The van der Waals surface area contributed by atoms with Crippen molar-refractivity contribution in [2.75, 3.05) is 0 Å². The molecule has 0 bridgehead atoms. The van der Waals surface area contributed by atoms with Gasteiger partial charge in [-0.15, -0.1) is 0 Å². The number of carbonyl (C=O) groups excluding carboxylic acids is 1. The number of allylic oxidation sites excluding steroid dienone is 5. The van der Waals surface area contributed by atoms with Crippen LogP contribution >= 0.6 is 0 Å². The molecule has 16 heavy (non-hydrogen) atoms. The first kappa shape index (κ1) is 14.7. The lowest BCUT2D eigenvalue weighted by Crippen LogP contribution is -2.30. The number of hydrogen-bond acceptors (Lipinski definition) is 1. The van der Waals surface area contributed by atoms with Crippen molar-refractivity contribution >= 4 is 5.91 Å². The van der Waals surface area contributed by atoms with Gasteiger partial charge in [-0.25, -0.2) is 0 Å². The van der Waals surface area contributed by atoms with Crippen molar-refractivity contribution in [2.45, 2.75) is 46.1 Å². The van der Waals surface area contributed by atoms with Gasteiger partial charge in [0.1, 0.15) is 0 Å². The minimum Gasteiger partial charge on any atom is -0.354 e. The highest BCUT2D eigenvalue weighted by atomic mass is 16.1. The van der Waals surface area contributed by atoms with Gasteiger partial charge in [0.2, 0.25) is 5.91 Å². The van der Waals surface area contributed by atoms with E-state index in [1.165, 1.54) is 5.57 Å². The molecule has 0 radical (unpaired) electrons. The lowest BCUT2D eigenvalue weighted by atomic mass is 10.1. The van der Waals surface area contributed by atoms with E-state index in [1.807, 2.05) is 13.0 Å². The van der Waals surface area contributed by atoms with Crippen molar-refractivity contribution < 1.29 is 4.79 Å². The van der Waals surface area contributed by atoms with Crippen LogP contribution in [0.3, 0.4) is 0 Å². The van der Waals surface area contributed by atoms with Crippen molar-refractivity contribution in [3.8, 4) is 0 Å². The van der Waals surface area contributed by atoms with Gasteiger partial charge in [0, 0.05) is 13.0 Å². The zero-order valence-corrected chi connectivity index (χ0v) is 10.6.